The number of hydrogen-bond acceptors (Lipinski definition) is 1. The molecule has 0 saturated heterocycles. The highest BCUT2D eigenvalue weighted by atomic mass is 32.2. The van der Waals surface area contributed by atoms with Crippen LogP contribution in [-0.2, 0) is 0 Å². The third-order valence-corrected chi connectivity index (χ3v) is 3.08. The molecular weight excluding hydrogens is 176 g/mol. The van der Waals surface area contributed by atoms with Crippen molar-refractivity contribution in [3.8, 4) is 0 Å². The molecule has 0 N–H and O–H groups in total. The van der Waals surface area contributed by atoms with Crippen LogP contribution in [0.25, 0.3) is 0 Å². The van der Waals surface area contributed by atoms with Gasteiger partial charge in [-0.25, -0.2) is 0 Å². The lowest BCUT2D eigenvalue weighted by Gasteiger charge is -2.12. The molecule has 0 nitrogen and oxygen atoms in total. The van der Waals surface area contributed by atoms with E-state index in [1.807, 2.05) is 11.8 Å². The Balaban J connectivity index is 3.93. The molecule has 0 aromatic heterocycles. The van der Waals surface area contributed by atoms with Crippen molar-refractivity contribution in [1.29, 1.82) is 0 Å². The van der Waals surface area contributed by atoms with E-state index < -0.39 is 0 Å². The van der Waals surface area contributed by atoms with Crippen LogP contribution in [0.15, 0.2) is 24.3 Å². The van der Waals surface area contributed by atoms with E-state index in [9.17, 15) is 0 Å². The van der Waals surface area contributed by atoms with Crippen molar-refractivity contribution in [1.82, 2.24) is 0 Å². The molecule has 0 aliphatic rings. The van der Waals surface area contributed by atoms with Gasteiger partial charge < -0.3 is 0 Å². The number of rotatable bonds is 5. The van der Waals surface area contributed by atoms with Crippen LogP contribution >= 0.6 is 11.8 Å². The minimum atomic E-state index is 0.649. The first-order chi connectivity index (χ1) is 6.07. The molecule has 0 aromatic rings. The minimum Gasteiger partial charge on any atom is -0.158 e. The molecule has 0 aromatic carbocycles. The standard InChI is InChI=1S/C12H22S/c1-10(2)8-6-7-9-12(13-5)11(3)4/h6-12H,1-5H3/b8-6-,9-7-. The zero-order chi connectivity index (χ0) is 10.3. The SMILES string of the molecule is CSC(/C=C\C=C/C(C)C)C(C)C. The molecule has 0 heterocycles. The first-order valence-electron chi connectivity index (χ1n) is 4.95. The molecule has 13 heavy (non-hydrogen) atoms. The summed E-state index contributed by atoms with van der Waals surface area (Å²) < 4.78 is 0. The molecule has 0 bridgehead atoms. The molecule has 0 aliphatic heterocycles. The van der Waals surface area contributed by atoms with Gasteiger partial charge in [-0.2, -0.15) is 11.8 Å². The fraction of sp³-hybridized carbons (Fsp3) is 0.667. The van der Waals surface area contributed by atoms with Crippen molar-refractivity contribution in [3.05, 3.63) is 24.3 Å². The Kier molecular flexibility index (Phi) is 7.16. The largest absolute Gasteiger partial charge is 0.158 e. The lowest BCUT2D eigenvalue weighted by molar-refractivity contribution is 0.679. The van der Waals surface area contributed by atoms with Crippen LogP contribution in [0.4, 0.5) is 0 Å². The first-order valence-corrected chi connectivity index (χ1v) is 6.24. The van der Waals surface area contributed by atoms with Gasteiger partial charge in [0.2, 0.25) is 0 Å². The molecule has 0 spiro atoms. The van der Waals surface area contributed by atoms with Crippen molar-refractivity contribution in [2.45, 2.75) is 32.9 Å². The smallest absolute Gasteiger partial charge is 0.0250 e. The molecular formula is C12H22S. The van der Waals surface area contributed by atoms with Crippen LogP contribution in [0.3, 0.4) is 0 Å². The van der Waals surface area contributed by atoms with Crippen molar-refractivity contribution in [3.63, 3.8) is 0 Å². The molecule has 0 fully saturated rings. The van der Waals surface area contributed by atoms with Gasteiger partial charge in [-0.1, -0.05) is 52.0 Å². The Morgan fingerprint density at radius 1 is 0.923 bits per heavy atom. The summed E-state index contributed by atoms with van der Waals surface area (Å²) in [6, 6.07) is 0. The van der Waals surface area contributed by atoms with Crippen LogP contribution in [-0.4, -0.2) is 11.5 Å². The average Bonchev–Trinajstić information content (AvgIpc) is 2.03. The second kappa shape index (κ2) is 7.25. The zero-order valence-corrected chi connectivity index (χ0v) is 10.3. The molecule has 1 atom stereocenters. The van der Waals surface area contributed by atoms with Gasteiger partial charge in [0, 0.05) is 5.25 Å². The molecule has 76 valence electrons. The van der Waals surface area contributed by atoms with Gasteiger partial charge in [0.25, 0.3) is 0 Å². The van der Waals surface area contributed by atoms with Crippen LogP contribution in [0, 0.1) is 11.8 Å². The predicted octanol–water partition coefficient (Wildman–Crippen LogP) is 4.14. The maximum Gasteiger partial charge on any atom is 0.0250 e. The fourth-order valence-corrected chi connectivity index (χ4v) is 1.83. The number of thioether (sulfide) groups is 1. The van der Waals surface area contributed by atoms with Gasteiger partial charge >= 0.3 is 0 Å². The Morgan fingerprint density at radius 3 is 1.85 bits per heavy atom. The van der Waals surface area contributed by atoms with E-state index in [0.717, 1.165) is 5.92 Å². The Labute approximate surface area is 87.5 Å². The van der Waals surface area contributed by atoms with Crippen molar-refractivity contribution in [2.75, 3.05) is 6.26 Å². The van der Waals surface area contributed by atoms with Crippen LogP contribution < -0.4 is 0 Å². The Morgan fingerprint density at radius 2 is 1.46 bits per heavy atom. The lowest BCUT2D eigenvalue weighted by Crippen LogP contribution is -2.06. The molecule has 0 rings (SSSR count). The summed E-state index contributed by atoms with van der Waals surface area (Å²) in [6.07, 6.45) is 11.0. The van der Waals surface area contributed by atoms with Gasteiger partial charge in [-0.05, 0) is 18.1 Å². The van der Waals surface area contributed by atoms with E-state index in [4.69, 9.17) is 0 Å². The molecule has 1 heteroatoms. The second-order valence-electron chi connectivity index (χ2n) is 3.96. The highest BCUT2D eigenvalue weighted by Gasteiger charge is 2.05. The van der Waals surface area contributed by atoms with E-state index in [0.29, 0.717) is 11.2 Å². The fourth-order valence-electron chi connectivity index (χ4n) is 1.03. The Hall–Kier alpha value is -0.170. The summed E-state index contributed by atoms with van der Waals surface area (Å²) in [5.41, 5.74) is 0. The predicted molar refractivity (Wildman–Crippen MR) is 65.3 cm³/mol. The molecule has 0 amide bonds. The van der Waals surface area contributed by atoms with Gasteiger partial charge in [0.1, 0.15) is 0 Å². The van der Waals surface area contributed by atoms with Crippen molar-refractivity contribution in [2.24, 2.45) is 11.8 Å². The molecule has 0 saturated carbocycles. The number of allylic oxidation sites excluding steroid dienone is 3. The van der Waals surface area contributed by atoms with E-state index in [2.05, 4.69) is 58.3 Å². The van der Waals surface area contributed by atoms with Gasteiger partial charge in [-0.15, -0.1) is 0 Å². The van der Waals surface area contributed by atoms with Crippen LogP contribution in [0.5, 0.6) is 0 Å². The number of hydrogen-bond donors (Lipinski definition) is 0. The van der Waals surface area contributed by atoms with Crippen molar-refractivity contribution >= 4 is 11.8 Å². The normalized spacial score (nSPS) is 15.3. The monoisotopic (exact) mass is 198 g/mol. The first kappa shape index (κ1) is 12.8. The zero-order valence-electron chi connectivity index (χ0n) is 9.45. The third kappa shape index (κ3) is 6.94. The summed E-state index contributed by atoms with van der Waals surface area (Å²) in [5.74, 6) is 1.37. The minimum absolute atomic E-state index is 0.649. The highest BCUT2D eigenvalue weighted by Crippen LogP contribution is 2.17. The Bertz CT molecular complexity index is 166. The summed E-state index contributed by atoms with van der Waals surface area (Å²) in [6.45, 7) is 8.91. The quantitative estimate of drug-likeness (QED) is 0.598. The lowest BCUT2D eigenvalue weighted by atomic mass is 10.1. The average molecular weight is 198 g/mol. The second-order valence-corrected chi connectivity index (χ2v) is 4.97. The summed E-state index contributed by atoms with van der Waals surface area (Å²) in [4.78, 5) is 0. The van der Waals surface area contributed by atoms with Gasteiger partial charge in [-0.3, -0.25) is 0 Å². The van der Waals surface area contributed by atoms with Crippen LogP contribution in [0.2, 0.25) is 0 Å². The summed E-state index contributed by atoms with van der Waals surface area (Å²) >= 11 is 1.92. The maximum absolute atomic E-state index is 2.29. The van der Waals surface area contributed by atoms with E-state index >= 15 is 0 Å². The van der Waals surface area contributed by atoms with Gasteiger partial charge in [0.15, 0.2) is 0 Å². The summed E-state index contributed by atoms with van der Waals surface area (Å²) in [7, 11) is 0. The molecule has 0 radical (unpaired) electrons. The topological polar surface area (TPSA) is 0 Å². The van der Waals surface area contributed by atoms with Gasteiger partial charge in [0.05, 0.1) is 0 Å². The summed E-state index contributed by atoms with van der Waals surface area (Å²) in [5, 5.41) is 0.650. The molecule has 1 unspecified atom stereocenters. The van der Waals surface area contributed by atoms with E-state index in [-0.39, 0.29) is 0 Å². The third-order valence-electron chi connectivity index (χ3n) is 1.84. The van der Waals surface area contributed by atoms with Crippen LogP contribution in [0.1, 0.15) is 27.7 Å². The van der Waals surface area contributed by atoms with E-state index in [1.165, 1.54) is 0 Å². The highest BCUT2D eigenvalue weighted by molar-refractivity contribution is 7.99. The molecule has 0 aliphatic carbocycles. The maximum atomic E-state index is 2.29. The van der Waals surface area contributed by atoms with Crippen molar-refractivity contribution < 1.29 is 0 Å². The van der Waals surface area contributed by atoms with E-state index in [1.54, 1.807) is 0 Å².